The van der Waals surface area contributed by atoms with Gasteiger partial charge in [-0.15, -0.1) is 11.3 Å². The maximum atomic E-state index is 13.4. The third kappa shape index (κ3) is 3.61. The van der Waals surface area contributed by atoms with Crippen molar-refractivity contribution < 1.29 is 14.3 Å². The number of thiophene rings is 1. The third-order valence-electron chi connectivity index (χ3n) is 5.07. The van der Waals surface area contributed by atoms with E-state index < -0.39 is 5.92 Å². The molecule has 4 heterocycles. The average Bonchev–Trinajstić information content (AvgIpc) is 3.20. The van der Waals surface area contributed by atoms with Crippen molar-refractivity contribution in [3.8, 4) is 0 Å². The van der Waals surface area contributed by atoms with Gasteiger partial charge >= 0.3 is 0 Å². The van der Waals surface area contributed by atoms with E-state index in [-0.39, 0.29) is 24.0 Å². The summed E-state index contributed by atoms with van der Waals surface area (Å²) in [6.07, 6.45) is 1.74. The van der Waals surface area contributed by atoms with Gasteiger partial charge in [0.15, 0.2) is 0 Å². The molecule has 0 aliphatic carbocycles. The molecule has 4 rings (SSSR count). The van der Waals surface area contributed by atoms with E-state index in [1.165, 1.54) is 11.3 Å². The van der Waals surface area contributed by atoms with E-state index in [1.807, 2.05) is 48.4 Å². The molecule has 0 radical (unpaired) electrons. The summed E-state index contributed by atoms with van der Waals surface area (Å²) in [5.41, 5.74) is 1.74. The molecule has 0 spiro atoms. The van der Waals surface area contributed by atoms with E-state index >= 15 is 0 Å². The molecular formula is C20H23N3O3S. The summed E-state index contributed by atoms with van der Waals surface area (Å²) in [6, 6.07) is 7.52. The number of carbonyl (C=O) groups is 2. The molecule has 2 aliphatic rings. The SMILES string of the molecule is CC1CN(C(=O)C2CN(C(=O)c3cccs3)Cc3cccnc32)CC(C)O1. The van der Waals surface area contributed by atoms with Crippen LogP contribution >= 0.6 is 11.3 Å². The average molecular weight is 385 g/mol. The second-order valence-electron chi connectivity index (χ2n) is 7.26. The summed E-state index contributed by atoms with van der Waals surface area (Å²) < 4.78 is 5.76. The van der Waals surface area contributed by atoms with Gasteiger partial charge in [-0.3, -0.25) is 14.6 Å². The molecule has 1 saturated heterocycles. The highest BCUT2D eigenvalue weighted by molar-refractivity contribution is 7.12. The quantitative estimate of drug-likeness (QED) is 0.797. The van der Waals surface area contributed by atoms with Crippen molar-refractivity contribution in [1.29, 1.82) is 0 Å². The predicted octanol–water partition coefficient (Wildman–Crippen LogP) is 2.52. The van der Waals surface area contributed by atoms with Gasteiger partial charge in [0.1, 0.15) is 0 Å². The molecule has 7 heteroatoms. The van der Waals surface area contributed by atoms with Crippen molar-refractivity contribution >= 4 is 23.2 Å². The Bertz CT molecular complexity index is 829. The molecule has 0 N–H and O–H groups in total. The number of morpholine rings is 1. The molecule has 0 saturated carbocycles. The lowest BCUT2D eigenvalue weighted by atomic mass is 9.92. The minimum Gasteiger partial charge on any atom is -0.372 e. The summed E-state index contributed by atoms with van der Waals surface area (Å²) in [5, 5.41) is 1.89. The van der Waals surface area contributed by atoms with Gasteiger partial charge in [-0.05, 0) is 36.9 Å². The molecule has 1 fully saturated rings. The zero-order valence-corrected chi connectivity index (χ0v) is 16.3. The van der Waals surface area contributed by atoms with E-state index in [1.54, 1.807) is 11.1 Å². The second-order valence-corrected chi connectivity index (χ2v) is 8.21. The number of rotatable bonds is 2. The van der Waals surface area contributed by atoms with Crippen LogP contribution in [0.5, 0.6) is 0 Å². The van der Waals surface area contributed by atoms with E-state index in [0.29, 0.717) is 31.1 Å². The summed E-state index contributed by atoms with van der Waals surface area (Å²) in [4.78, 5) is 35.1. The van der Waals surface area contributed by atoms with Crippen LogP contribution in [0, 0.1) is 0 Å². The van der Waals surface area contributed by atoms with Gasteiger partial charge in [0.25, 0.3) is 5.91 Å². The highest BCUT2D eigenvalue weighted by atomic mass is 32.1. The van der Waals surface area contributed by atoms with Crippen molar-refractivity contribution in [1.82, 2.24) is 14.8 Å². The van der Waals surface area contributed by atoms with Crippen LogP contribution < -0.4 is 0 Å². The number of ether oxygens (including phenoxy) is 1. The highest BCUT2D eigenvalue weighted by Crippen LogP contribution is 2.30. The van der Waals surface area contributed by atoms with Crippen molar-refractivity contribution in [2.45, 2.75) is 38.5 Å². The van der Waals surface area contributed by atoms with Crippen molar-refractivity contribution in [3.63, 3.8) is 0 Å². The molecule has 2 amide bonds. The fraction of sp³-hybridized carbons (Fsp3) is 0.450. The molecular weight excluding hydrogens is 362 g/mol. The number of pyridine rings is 1. The van der Waals surface area contributed by atoms with Gasteiger partial charge in [0.05, 0.1) is 28.7 Å². The van der Waals surface area contributed by atoms with Crippen LogP contribution in [0.2, 0.25) is 0 Å². The normalized spacial score (nSPS) is 25.2. The lowest BCUT2D eigenvalue weighted by molar-refractivity contribution is -0.145. The summed E-state index contributed by atoms with van der Waals surface area (Å²) in [7, 11) is 0. The molecule has 27 heavy (non-hydrogen) atoms. The highest BCUT2D eigenvalue weighted by Gasteiger charge is 2.38. The minimum absolute atomic E-state index is 0.00773. The van der Waals surface area contributed by atoms with Gasteiger partial charge in [0.2, 0.25) is 5.91 Å². The zero-order chi connectivity index (χ0) is 19.0. The van der Waals surface area contributed by atoms with Crippen LogP contribution in [0.25, 0.3) is 0 Å². The number of fused-ring (bicyclic) bond motifs is 1. The first-order valence-electron chi connectivity index (χ1n) is 9.23. The predicted molar refractivity (Wildman–Crippen MR) is 103 cm³/mol. The molecule has 6 nitrogen and oxygen atoms in total. The Labute approximate surface area is 162 Å². The Hall–Kier alpha value is -2.25. The summed E-state index contributed by atoms with van der Waals surface area (Å²) in [5.74, 6) is -0.432. The molecule has 3 unspecified atom stereocenters. The van der Waals surface area contributed by atoms with E-state index in [0.717, 1.165) is 11.3 Å². The van der Waals surface area contributed by atoms with E-state index in [4.69, 9.17) is 4.74 Å². The Morgan fingerprint density at radius 1 is 1.11 bits per heavy atom. The number of nitrogens with zero attached hydrogens (tertiary/aromatic N) is 3. The van der Waals surface area contributed by atoms with Crippen LogP contribution in [-0.2, 0) is 16.1 Å². The first-order chi connectivity index (χ1) is 13.0. The van der Waals surface area contributed by atoms with Crippen molar-refractivity contribution in [3.05, 3.63) is 52.0 Å². The lowest BCUT2D eigenvalue weighted by Crippen LogP contribution is -2.52. The lowest BCUT2D eigenvalue weighted by Gasteiger charge is -2.39. The fourth-order valence-electron chi connectivity index (χ4n) is 3.96. The maximum absolute atomic E-state index is 13.4. The Kier molecular flexibility index (Phi) is 4.97. The summed E-state index contributed by atoms with van der Waals surface area (Å²) >= 11 is 1.43. The molecule has 0 bridgehead atoms. The van der Waals surface area contributed by atoms with Gasteiger partial charge in [-0.2, -0.15) is 0 Å². The molecule has 142 valence electrons. The monoisotopic (exact) mass is 385 g/mol. The van der Waals surface area contributed by atoms with Crippen LogP contribution in [0.4, 0.5) is 0 Å². The second kappa shape index (κ2) is 7.40. The van der Waals surface area contributed by atoms with Crippen LogP contribution in [0.15, 0.2) is 35.8 Å². The van der Waals surface area contributed by atoms with Gasteiger partial charge in [0, 0.05) is 32.4 Å². The van der Waals surface area contributed by atoms with Crippen LogP contribution in [0.3, 0.4) is 0 Å². The Morgan fingerprint density at radius 3 is 2.59 bits per heavy atom. The van der Waals surface area contributed by atoms with Gasteiger partial charge in [-0.1, -0.05) is 12.1 Å². The summed E-state index contributed by atoms with van der Waals surface area (Å²) in [6.45, 7) is 5.95. The van der Waals surface area contributed by atoms with Gasteiger partial charge < -0.3 is 14.5 Å². The minimum atomic E-state index is -0.434. The van der Waals surface area contributed by atoms with Crippen molar-refractivity contribution in [2.24, 2.45) is 0 Å². The molecule has 2 aliphatic heterocycles. The molecule has 3 atom stereocenters. The first kappa shape index (κ1) is 18.1. The Morgan fingerprint density at radius 2 is 1.89 bits per heavy atom. The molecule has 2 aromatic heterocycles. The Balaban J connectivity index is 1.62. The zero-order valence-electron chi connectivity index (χ0n) is 15.5. The van der Waals surface area contributed by atoms with Crippen molar-refractivity contribution in [2.75, 3.05) is 19.6 Å². The maximum Gasteiger partial charge on any atom is 0.264 e. The molecule has 0 aromatic carbocycles. The van der Waals surface area contributed by atoms with Crippen LogP contribution in [-0.4, -0.2) is 58.4 Å². The fourth-order valence-corrected chi connectivity index (χ4v) is 4.65. The molecule has 2 aromatic rings. The number of aromatic nitrogens is 1. The third-order valence-corrected chi connectivity index (χ3v) is 5.93. The van der Waals surface area contributed by atoms with Gasteiger partial charge in [-0.25, -0.2) is 0 Å². The van der Waals surface area contributed by atoms with Crippen LogP contribution in [0.1, 0.15) is 40.7 Å². The first-order valence-corrected chi connectivity index (χ1v) is 10.1. The number of hydrogen-bond donors (Lipinski definition) is 0. The number of hydrogen-bond acceptors (Lipinski definition) is 5. The van der Waals surface area contributed by atoms with E-state index in [2.05, 4.69) is 4.98 Å². The number of carbonyl (C=O) groups excluding carboxylic acids is 2. The number of amides is 2. The van der Waals surface area contributed by atoms with E-state index in [9.17, 15) is 9.59 Å². The largest absolute Gasteiger partial charge is 0.372 e. The standard InChI is InChI=1S/C20H23N3O3S/c1-13-9-22(10-14(2)26-13)19(24)16-12-23(20(25)17-6-4-8-27-17)11-15-5-3-7-21-18(15)16/h3-8,13-14,16H,9-12H2,1-2H3. The smallest absolute Gasteiger partial charge is 0.264 e. The topological polar surface area (TPSA) is 62.7 Å².